The molecule has 2 N–H and O–H groups in total. The number of rotatable bonds is 7. The number of carbonyl (C=O) groups is 1. The van der Waals surface area contributed by atoms with Crippen molar-refractivity contribution in [3.63, 3.8) is 0 Å². The minimum atomic E-state index is -0.0676. The van der Waals surface area contributed by atoms with Crippen LogP contribution in [0.2, 0.25) is 0 Å². The van der Waals surface area contributed by atoms with Crippen molar-refractivity contribution in [2.24, 2.45) is 0 Å². The largest absolute Gasteiger partial charge is 0.396 e. The van der Waals surface area contributed by atoms with E-state index < -0.39 is 0 Å². The average molecular weight is 312 g/mol. The molecule has 0 aliphatic rings. The van der Waals surface area contributed by atoms with Gasteiger partial charge in [0.25, 0.3) is 0 Å². The molecule has 0 bridgehead atoms. The normalized spacial score (nSPS) is 12.2. The Morgan fingerprint density at radius 1 is 1.13 bits per heavy atom. The van der Waals surface area contributed by atoms with Crippen molar-refractivity contribution in [1.29, 1.82) is 0 Å². The molecule has 0 aromatic heterocycles. The van der Waals surface area contributed by atoms with E-state index in [0.29, 0.717) is 6.42 Å². The number of amides is 1. The minimum absolute atomic E-state index is 0.0676. The summed E-state index contributed by atoms with van der Waals surface area (Å²) >= 11 is 0. The van der Waals surface area contributed by atoms with E-state index in [1.165, 1.54) is 18.1 Å². The summed E-state index contributed by atoms with van der Waals surface area (Å²) in [4.78, 5) is 13.3. The highest BCUT2D eigenvalue weighted by atomic mass is 16.3. The van der Waals surface area contributed by atoms with E-state index in [4.69, 9.17) is 0 Å². The molecule has 122 valence electrons. The molecule has 0 saturated carbocycles. The quantitative estimate of drug-likeness (QED) is 0.825. The van der Waals surface area contributed by atoms with Crippen molar-refractivity contribution in [1.82, 2.24) is 4.90 Å². The van der Waals surface area contributed by atoms with Crippen molar-refractivity contribution in [2.75, 3.05) is 19.0 Å². The van der Waals surface area contributed by atoms with Crippen molar-refractivity contribution in [2.45, 2.75) is 25.9 Å². The molecule has 0 spiro atoms. The minimum Gasteiger partial charge on any atom is -0.396 e. The van der Waals surface area contributed by atoms with Crippen LogP contribution in [0.4, 0.5) is 5.69 Å². The first-order valence-corrected chi connectivity index (χ1v) is 7.82. The smallest absolute Gasteiger partial charge is 0.221 e. The van der Waals surface area contributed by atoms with Gasteiger partial charge in [0.2, 0.25) is 5.91 Å². The molecule has 1 atom stereocenters. The molecule has 1 unspecified atom stereocenters. The Hall–Kier alpha value is -2.17. The van der Waals surface area contributed by atoms with E-state index in [9.17, 15) is 9.90 Å². The second-order valence-corrected chi connectivity index (χ2v) is 5.73. The van der Waals surface area contributed by atoms with Gasteiger partial charge in [0.05, 0.1) is 0 Å². The third-order valence-electron chi connectivity index (χ3n) is 3.83. The maximum Gasteiger partial charge on any atom is 0.221 e. The van der Waals surface area contributed by atoms with Gasteiger partial charge in [-0.2, -0.15) is 0 Å². The number of hydrogen-bond donors (Lipinski definition) is 2. The lowest BCUT2D eigenvalue weighted by atomic mass is 10.0. The van der Waals surface area contributed by atoms with E-state index >= 15 is 0 Å². The van der Waals surface area contributed by atoms with Crippen LogP contribution in [-0.2, 0) is 11.3 Å². The van der Waals surface area contributed by atoms with Gasteiger partial charge in [0, 0.05) is 31.8 Å². The van der Waals surface area contributed by atoms with Crippen LogP contribution in [0.25, 0.3) is 0 Å². The second-order valence-electron chi connectivity index (χ2n) is 5.73. The molecule has 2 rings (SSSR count). The SMILES string of the molecule is CC(=O)Nc1ccc(CN(C)C(CCO)c2ccccc2)cc1. The van der Waals surface area contributed by atoms with Crippen molar-refractivity contribution < 1.29 is 9.90 Å². The van der Waals surface area contributed by atoms with Crippen LogP contribution in [-0.4, -0.2) is 29.6 Å². The molecule has 4 heteroatoms. The Bertz CT molecular complexity index is 611. The first kappa shape index (κ1) is 17.2. The van der Waals surface area contributed by atoms with Gasteiger partial charge >= 0.3 is 0 Å². The summed E-state index contributed by atoms with van der Waals surface area (Å²) in [6.07, 6.45) is 0.699. The zero-order chi connectivity index (χ0) is 16.7. The van der Waals surface area contributed by atoms with Crippen LogP contribution in [0, 0.1) is 0 Å². The molecule has 2 aromatic carbocycles. The number of aliphatic hydroxyl groups excluding tert-OH is 1. The zero-order valence-electron chi connectivity index (χ0n) is 13.7. The number of nitrogens with zero attached hydrogens (tertiary/aromatic N) is 1. The number of anilines is 1. The number of carbonyl (C=O) groups excluding carboxylic acids is 1. The Labute approximate surface area is 137 Å². The van der Waals surface area contributed by atoms with Gasteiger partial charge in [-0.3, -0.25) is 9.69 Å². The summed E-state index contributed by atoms with van der Waals surface area (Å²) in [6.45, 7) is 2.44. The highest BCUT2D eigenvalue weighted by Gasteiger charge is 2.16. The first-order valence-electron chi connectivity index (χ1n) is 7.82. The predicted octanol–water partition coefficient (Wildman–Crippen LogP) is 3.20. The third kappa shape index (κ3) is 5.20. The van der Waals surface area contributed by atoms with E-state index in [1.54, 1.807) is 0 Å². The predicted molar refractivity (Wildman–Crippen MR) is 93.1 cm³/mol. The molecule has 0 fully saturated rings. The highest BCUT2D eigenvalue weighted by molar-refractivity contribution is 5.88. The first-order chi connectivity index (χ1) is 11.1. The topological polar surface area (TPSA) is 52.6 Å². The molecule has 23 heavy (non-hydrogen) atoms. The summed E-state index contributed by atoms with van der Waals surface area (Å²) in [6, 6.07) is 18.3. The fourth-order valence-corrected chi connectivity index (χ4v) is 2.73. The molecule has 0 saturated heterocycles. The second kappa shape index (κ2) is 8.46. The Morgan fingerprint density at radius 2 is 1.78 bits per heavy atom. The number of aliphatic hydroxyl groups is 1. The maximum absolute atomic E-state index is 11.1. The number of benzene rings is 2. The lowest BCUT2D eigenvalue weighted by Gasteiger charge is -2.28. The lowest BCUT2D eigenvalue weighted by Crippen LogP contribution is -2.25. The Kier molecular flexibility index (Phi) is 6.32. The third-order valence-corrected chi connectivity index (χ3v) is 3.83. The summed E-state index contributed by atoms with van der Waals surface area (Å²) in [7, 11) is 2.06. The van der Waals surface area contributed by atoms with Crippen LogP contribution >= 0.6 is 0 Å². The number of hydrogen-bond acceptors (Lipinski definition) is 3. The zero-order valence-corrected chi connectivity index (χ0v) is 13.7. The van der Waals surface area contributed by atoms with Gasteiger partial charge in [0.1, 0.15) is 0 Å². The van der Waals surface area contributed by atoms with Gasteiger partial charge in [-0.1, -0.05) is 42.5 Å². The van der Waals surface area contributed by atoms with Crippen LogP contribution in [0.1, 0.15) is 30.5 Å². The van der Waals surface area contributed by atoms with Gasteiger partial charge in [-0.15, -0.1) is 0 Å². The van der Waals surface area contributed by atoms with Gasteiger partial charge in [-0.05, 0) is 36.7 Å². The molecule has 4 nitrogen and oxygen atoms in total. The van der Waals surface area contributed by atoms with Crippen molar-refractivity contribution in [3.8, 4) is 0 Å². The summed E-state index contributed by atoms with van der Waals surface area (Å²) < 4.78 is 0. The molecular weight excluding hydrogens is 288 g/mol. The molecular formula is C19H24N2O2. The van der Waals surface area contributed by atoms with Gasteiger partial charge < -0.3 is 10.4 Å². The standard InChI is InChI=1S/C19H24N2O2/c1-15(23)20-18-10-8-16(9-11-18)14-21(2)19(12-13-22)17-6-4-3-5-7-17/h3-11,19,22H,12-14H2,1-2H3,(H,20,23). The van der Waals surface area contributed by atoms with Crippen molar-refractivity contribution >= 4 is 11.6 Å². The number of nitrogens with one attached hydrogen (secondary N) is 1. The highest BCUT2D eigenvalue weighted by Crippen LogP contribution is 2.24. The van der Waals surface area contributed by atoms with Crippen LogP contribution in [0.5, 0.6) is 0 Å². The maximum atomic E-state index is 11.1. The monoisotopic (exact) mass is 312 g/mol. The molecule has 0 radical (unpaired) electrons. The summed E-state index contributed by atoms with van der Waals surface area (Å²) in [5, 5.41) is 12.1. The van der Waals surface area contributed by atoms with Gasteiger partial charge in [0.15, 0.2) is 0 Å². The lowest BCUT2D eigenvalue weighted by molar-refractivity contribution is -0.114. The molecule has 0 heterocycles. The van der Waals surface area contributed by atoms with Crippen LogP contribution in [0.3, 0.4) is 0 Å². The van der Waals surface area contributed by atoms with Crippen molar-refractivity contribution in [3.05, 3.63) is 65.7 Å². The molecule has 0 aliphatic heterocycles. The molecule has 2 aromatic rings. The average Bonchev–Trinajstić information content (AvgIpc) is 2.54. The Morgan fingerprint density at radius 3 is 2.35 bits per heavy atom. The van der Waals surface area contributed by atoms with E-state index in [2.05, 4.69) is 29.4 Å². The van der Waals surface area contributed by atoms with E-state index in [-0.39, 0.29) is 18.6 Å². The van der Waals surface area contributed by atoms with Crippen LogP contribution < -0.4 is 5.32 Å². The van der Waals surface area contributed by atoms with E-state index in [0.717, 1.165) is 12.2 Å². The fourth-order valence-electron chi connectivity index (χ4n) is 2.73. The van der Waals surface area contributed by atoms with Gasteiger partial charge in [-0.25, -0.2) is 0 Å². The summed E-state index contributed by atoms with van der Waals surface area (Å²) in [5.41, 5.74) is 3.18. The molecule has 1 amide bonds. The molecule has 0 aliphatic carbocycles. The summed E-state index contributed by atoms with van der Waals surface area (Å²) in [5.74, 6) is -0.0676. The Balaban J connectivity index is 2.06. The fraction of sp³-hybridized carbons (Fsp3) is 0.316. The van der Waals surface area contributed by atoms with Crippen LogP contribution in [0.15, 0.2) is 54.6 Å². The van der Waals surface area contributed by atoms with E-state index in [1.807, 2.05) is 42.5 Å².